The predicted molar refractivity (Wildman–Crippen MR) is 71.6 cm³/mol. The van der Waals surface area contributed by atoms with Gasteiger partial charge in [0.2, 0.25) is 0 Å². The third-order valence-electron chi connectivity index (χ3n) is 3.20. The number of aromatic carboxylic acids is 1. The number of carboxylic acid groups (broad SMARTS) is 1. The van der Waals surface area contributed by atoms with Crippen molar-refractivity contribution in [1.29, 1.82) is 0 Å². The average Bonchev–Trinajstić information content (AvgIpc) is 2.87. The molecular formula is C13H11BrN2O3. The van der Waals surface area contributed by atoms with Gasteiger partial charge in [-0.3, -0.25) is 0 Å². The highest BCUT2D eigenvalue weighted by atomic mass is 79.9. The summed E-state index contributed by atoms with van der Waals surface area (Å²) in [5.74, 6) is -0.176. The van der Waals surface area contributed by atoms with Crippen LogP contribution in [0.25, 0.3) is 0 Å². The van der Waals surface area contributed by atoms with Gasteiger partial charge in [-0.25, -0.2) is 9.78 Å². The number of carboxylic acids is 1. The molecule has 1 unspecified atom stereocenters. The summed E-state index contributed by atoms with van der Waals surface area (Å²) >= 11 is 3.43. The smallest absolute Gasteiger partial charge is 0.354 e. The van der Waals surface area contributed by atoms with Gasteiger partial charge in [-0.05, 0) is 18.2 Å². The maximum Gasteiger partial charge on any atom is 0.354 e. The lowest BCUT2D eigenvalue weighted by Crippen LogP contribution is -2.22. The molecule has 0 amide bonds. The molecule has 0 bridgehead atoms. The molecule has 1 aliphatic heterocycles. The molecule has 1 aromatic heterocycles. The van der Waals surface area contributed by atoms with E-state index in [1.807, 2.05) is 18.2 Å². The van der Waals surface area contributed by atoms with Gasteiger partial charge in [-0.2, -0.15) is 0 Å². The van der Waals surface area contributed by atoms with E-state index >= 15 is 0 Å². The zero-order valence-electron chi connectivity index (χ0n) is 9.91. The number of ether oxygens (including phenoxy) is 1. The summed E-state index contributed by atoms with van der Waals surface area (Å²) in [7, 11) is 0. The third-order valence-corrected chi connectivity index (χ3v) is 3.69. The fourth-order valence-corrected chi connectivity index (χ4v) is 2.73. The number of aromatic nitrogens is 2. The summed E-state index contributed by atoms with van der Waals surface area (Å²) in [4.78, 5) is 15.1. The standard InChI is InChI=1S/C13H11BrN2O3/c14-8-1-2-12-9(5-8)10(3-4-19-12)16-7-15-6-11(16)13(17)18/h1-2,5-7,10H,3-4H2,(H,17,18). The minimum Gasteiger partial charge on any atom is -0.493 e. The lowest BCUT2D eigenvalue weighted by atomic mass is 10.00. The Morgan fingerprint density at radius 2 is 2.37 bits per heavy atom. The Bertz CT molecular complexity index is 639. The SMILES string of the molecule is O=C(O)c1cncn1C1CCOc2ccc(Br)cc21. The Morgan fingerprint density at radius 3 is 3.16 bits per heavy atom. The molecule has 19 heavy (non-hydrogen) atoms. The first-order valence-corrected chi connectivity index (χ1v) is 6.63. The topological polar surface area (TPSA) is 64.3 Å². The zero-order valence-corrected chi connectivity index (χ0v) is 11.5. The van der Waals surface area contributed by atoms with E-state index in [1.54, 1.807) is 10.9 Å². The molecule has 0 spiro atoms. The number of fused-ring (bicyclic) bond motifs is 1. The maximum atomic E-state index is 11.2. The van der Waals surface area contributed by atoms with Crippen LogP contribution in [0.1, 0.15) is 28.5 Å². The van der Waals surface area contributed by atoms with Gasteiger partial charge in [0.05, 0.1) is 25.2 Å². The fourth-order valence-electron chi connectivity index (χ4n) is 2.35. The minimum atomic E-state index is -0.972. The van der Waals surface area contributed by atoms with Gasteiger partial charge in [0.25, 0.3) is 0 Å². The summed E-state index contributed by atoms with van der Waals surface area (Å²) in [5, 5.41) is 9.19. The van der Waals surface area contributed by atoms with Gasteiger partial charge in [-0.15, -0.1) is 0 Å². The molecule has 6 heteroatoms. The Hall–Kier alpha value is -1.82. The molecule has 0 fully saturated rings. The van der Waals surface area contributed by atoms with Crippen molar-refractivity contribution < 1.29 is 14.6 Å². The first kappa shape index (κ1) is 12.2. The van der Waals surface area contributed by atoms with Crippen LogP contribution in [0.3, 0.4) is 0 Å². The zero-order chi connectivity index (χ0) is 13.4. The molecule has 3 rings (SSSR count). The summed E-state index contributed by atoms with van der Waals surface area (Å²) in [6, 6.07) is 5.70. The van der Waals surface area contributed by atoms with Gasteiger partial charge >= 0.3 is 5.97 Å². The van der Waals surface area contributed by atoms with E-state index in [1.165, 1.54) is 6.20 Å². The molecule has 0 radical (unpaired) electrons. The monoisotopic (exact) mass is 322 g/mol. The van der Waals surface area contributed by atoms with Crippen molar-refractivity contribution in [2.45, 2.75) is 12.5 Å². The van der Waals surface area contributed by atoms with Gasteiger partial charge in [0, 0.05) is 16.5 Å². The summed E-state index contributed by atoms with van der Waals surface area (Å²) in [6.07, 6.45) is 3.65. The molecule has 0 saturated carbocycles. The van der Waals surface area contributed by atoms with Crippen LogP contribution in [-0.2, 0) is 0 Å². The number of imidazole rings is 1. The molecule has 98 valence electrons. The second-order valence-electron chi connectivity index (χ2n) is 4.33. The molecule has 2 aromatic rings. The summed E-state index contributed by atoms with van der Waals surface area (Å²) < 4.78 is 8.24. The van der Waals surface area contributed by atoms with Gasteiger partial charge in [0.1, 0.15) is 11.4 Å². The summed E-state index contributed by atoms with van der Waals surface area (Å²) in [5.41, 5.74) is 1.17. The van der Waals surface area contributed by atoms with Crippen molar-refractivity contribution in [1.82, 2.24) is 9.55 Å². The van der Waals surface area contributed by atoms with Crippen molar-refractivity contribution in [2.24, 2.45) is 0 Å². The van der Waals surface area contributed by atoms with E-state index in [0.717, 1.165) is 22.2 Å². The van der Waals surface area contributed by atoms with E-state index < -0.39 is 5.97 Å². The predicted octanol–water partition coefficient (Wildman–Crippen LogP) is 2.72. The molecule has 1 atom stereocenters. The van der Waals surface area contributed by atoms with Crippen LogP contribution in [0, 0.1) is 0 Å². The highest BCUT2D eigenvalue weighted by Crippen LogP contribution is 2.36. The van der Waals surface area contributed by atoms with Crippen LogP contribution < -0.4 is 4.74 Å². The molecule has 0 saturated heterocycles. The number of nitrogens with zero attached hydrogens (tertiary/aromatic N) is 2. The van der Waals surface area contributed by atoms with Gasteiger partial charge in [0.15, 0.2) is 0 Å². The third kappa shape index (κ3) is 2.12. The van der Waals surface area contributed by atoms with Crippen molar-refractivity contribution in [3.63, 3.8) is 0 Å². The number of halogens is 1. The van der Waals surface area contributed by atoms with E-state index in [0.29, 0.717) is 6.61 Å². The quantitative estimate of drug-likeness (QED) is 0.923. The molecule has 0 aliphatic carbocycles. The van der Waals surface area contributed by atoms with Crippen molar-refractivity contribution in [3.05, 3.63) is 46.5 Å². The summed E-state index contributed by atoms with van der Waals surface area (Å²) in [6.45, 7) is 0.566. The second-order valence-corrected chi connectivity index (χ2v) is 5.24. The normalized spacial score (nSPS) is 17.6. The average molecular weight is 323 g/mol. The second kappa shape index (κ2) is 4.70. The number of hydrogen-bond donors (Lipinski definition) is 1. The van der Waals surface area contributed by atoms with Crippen LogP contribution in [0.15, 0.2) is 35.2 Å². The Morgan fingerprint density at radius 1 is 1.53 bits per heavy atom. The number of benzene rings is 1. The van der Waals surface area contributed by atoms with Crippen LogP contribution >= 0.6 is 15.9 Å². The van der Waals surface area contributed by atoms with Crippen LogP contribution in [0.5, 0.6) is 5.75 Å². The first-order valence-electron chi connectivity index (χ1n) is 5.84. The van der Waals surface area contributed by atoms with E-state index in [4.69, 9.17) is 4.74 Å². The van der Waals surface area contributed by atoms with Gasteiger partial charge in [-0.1, -0.05) is 15.9 Å². The maximum absolute atomic E-state index is 11.2. The number of rotatable bonds is 2. The highest BCUT2D eigenvalue weighted by molar-refractivity contribution is 9.10. The Labute approximate surface area is 118 Å². The van der Waals surface area contributed by atoms with Crippen molar-refractivity contribution >= 4 is 21.9 Å². The molecule has 1 aromatic carbocycles. The fraction of sp³-hybridized carbons (Fsp3) is 0.231. The van der Waals surface area contributed by atoms with Gasteiger partial charge < -0.3 is 14.4 Å². The van der Waals surface area contributed by atoms with E-state index in [-0.39, 0.29) is 11.7 Å². The molecule has 1 aliphatic rings. The van der Waals surface area contributed by atoms with Crippen LogP contribution in [0.4, 0.5) is 0 Å². The van der Waals surface area contributed by atoms with Crippen molar-refractivity contribution in [3.8, 4) is 5.75 Å². The van der Waals surface area contributed by atoms with Crippen LogP contribution in [-0.4, -0.2) is 27.2 Å². The lowest BCUT2D eigenvalue weighted by Gasteiger charge is -2.27. The molecule has 2 heterocycles. The lowest BCUT2D eigenvalue weighted by molar-refractivity contribution is 0.0682. The molecule has 1 N–H and O–H groups in total. The number of carbonyl (C=O) groups is 1. The minimum absolute atomic E-state index is 0.0603. The first-order chi connectivity index (χ1) is 9.16. The molecule has 5 nitrogen and oxygen atoms in total. The highest BCUT2D eigenvalue weighted by Gasteiger charge is 2.26. The van der Waals surface area contributed by atoms with Crippen LogP contribution in [0.2, 0.25) is 0 Å². The largest absolute Gasteiger partial charge is 0.493 e. The van der Waals surface area contributed by atoms with E-state index in [2.05, 4.69) is 20.9 Å². The molecular weight excluding hydrogens is 312 g/mol. The Balaban J connectivity index is 2.10. The number of hydrogen-bond acceptors (Lipinski definition) is 3. The van der Waals surface area contributed by atoms with E-state index in [9.17, 15) is 9.90 Å². The Kier molecular flexibility index (Phi) is 3.02. The van der Waals surface area contributed by atoms with Crippen molar-refractivity contribution in [2.75, 3.05) is 6.61 Å².